The van der Waals surface area contributed by atoms with Crippen LogP contribution < -0.4 is 15.5 Å². The smallest absolute Gasteiger partial charge is 0.191 e. The van der Waals surface area contributed by atoms with E-state index in [-0.39, 0.29) is 29.8 Å². The Morgan fingerprint density at radius 1 is 1.24 bits per heavy atom. The number of halogens is 2. The van der Waals surface area contributed by atoms with E-state index in [2.05, 4.69) is 29.5 Å². The van der Waals surface area contributed by atoms with Gasteiger partial charge in [-0.05, 0) is 30.0 Å². The van der Waals surface area contributed by atoms with E-state index in [0.29, 0.717) is 37.3 Å². The Balaban J connectivity index is 0.00000576. The minimum atomic E-state index is -0.221. The van der Waals surface area contributed by atoms with Gasteiger partial charge in [0.2, 0.25) is 0 Å². The van der Waals surface area contributed by atoms with Crippen molar-refractivity contribution in [2.24, 2.45) is 10.9 Å². The molecule has 1 aromatic carbocycles. The largest absolute Gasteiger partial charge is 0.380 e. The Kier molecular flexibility index (Phi) is 12.6. The summed E-state index contributed by atoms with van der Waals surface area (Å²) in [5.74, 6) is 1.12. The lowest BCUT2D eigenvalue weighted by Crippen LogP contribution is -2.38. The summed E-state index contributed by atoms with van der Waals surface area (Å²) in [5.41, 5.74) is 1.45. The molecule has 0 aliphatic rings. The first-order valence-electron chi connectivity index (χ1n) is 8.42. The van der Waals surface area contributed by atoms with Crippen LogP contribution in [-0.4, -0.2) is 46.9 Å². The second kappa shape index (κ2) is 13.2. The second-order valence-corrected chi connectivity index (χ2v) is 6.33. The fourth-order valence-corrected chi connectivity index (χ4v) is 2.09. The van der Waals surface area contributed by atoms with Crippen molar-refractivity contribution in [3.05, 3.63) is 29.6 Å². The number of aliphatic imine (C=N–C) groups is 1. The second-order valence-electron chi connectivity index (χ2n) is 6.33. The number of rotatable bonds is 9. The molecule has 0 aliphatic carbocycles. The summed E-state index contributed by atoms with van der Waals surface area (Å²) in [7, 11) is 5.36. The van der Waals surface area contributed by atoms with E-state index >= 15 is 0 Å². The molecule has 1 rings (SSSR count). The molecule has 0 unspecified atom stereocenters. The highest BCUT2D eigenvalue weighted by Gasteiger charge is 2.06. The van der Waals surface area contributed by atoms with Gasteiger partial charge in [-0.15, -0.1) is 24.0 Å². The Morgan fingerprint density at radius 2 is 1.96 bits per heavy atom. The molecule has 1 aromatic rings. The summed E-state index contributed by atoms with van der Waals surface area (Å²) in [6.07, 6.45) is 1.07. The Morgan fingerprint density at radius 3 is 2.52 bits per heavy atom. The maximum atomic E-state index is 14.0. The van der Waals surface area contributed by atoms with E-state index in [9.17, 15) is 4.39 Å². The zero-order valence-electron chi connectivity index (χ0n) is 15.9. The first kappa shape index (κ1) is 23.9. The Hall–Kier alpha value is -1.09. The highest BCUT2D eigenvalue weighted by Crippen LogP contribution is 2.18. The van der Waals surface area contributed by atoms with Crippen molar-refractivity contribution < 1.29 is 9.13 Å². The fraction of sp³-hybridized carbons (Fsp3) is 0.611. The van der Waals surface area contributed by atoms with Gasteiger partial charge < -0.3 is 20.3 Å². The van der Waals surface area contributed by atoms with Crippen molar-refractivity contribution in [1.29, 1.82) is 0 Å². The van der Waals surface area contributed by atoms with Crippen LogP contribution >= 0.6 is 24.0 Å². The van der Waals surface area contributed by atoms with E-state index in [1.54, 1.807) is 24.1 Å². The minimum Gasteiger partial charge on any atom is -0.380 e. The van der Waals surface area contributed by atoms with Crippen molar-refractivity contribution in [2.75, 3.05) is 45.8 Å². The zero-order chi connectivity index (χ0) is 17.9. The van der Waals surface area contributed by atoms with Gasteiger partial charge in [0.05, 0.1) is 12.3 Å². The van der Waals surface area contributed by atoms with E-state index in [1.165, 1.54) is 0 Å². The number of benzene rings is 1. The lowest BCUT2D eigenvalue weighted by Gasteiger charge is -2.15. The number of hydrogen-bond acceptors (Lipinski definition) is 3. The zero-order valence-corrected chi connectivity index (χ0v) is 18.3. The van der Waals surface area contributed by atoms with Gasteiger partial charge >= 0.3 is 0 Å². The molecule has 0 radical (unpaired) electrons. The minimum absolute atomic E-state index is 0. The number of guanidine groups is 1. The molecule has 0 bridgehead atoms. The first-order chi connectivity index (χ1) is 11.4. The van der Waals surface area contributed by atoms with Gasteiger partial charge in [-0.2, -0.15) is 0 Å². The number of nitrogens with one attached hydrogen (secondary N) is 2. The third-order valence-corrected chi connectivity index (χ3v) is 3.56. The standard InChI is InChI=1S/C18H31FN4O.HI/c1-14(2)8-10-24-11-9-21-18(20-3)22-13-15-6-7-17(23(4)5)16(19)12-15;/h6-7,12,14H,8-11,13H2,1-5H3,(H2,20,21,22);1H. The van der Waals surface area contributed by atoms with Crippen LogP contribution in [0.1, 0.15) is 25.8 Å². The van der Waals surface area contributed by atoms with Gasteiger partial charge in [0.15, 0.2) is 5.96 Å². The molecule has 0 saturated carbocycles. The van der Waals surface area contributed by atoms with E-state index in [4.69, 9.17) is 4.74 Å². The molecule has 0 aromatic heterocycles. The lowest BCUT2D eigenvalue weighted by molar-refractivity contribution is 0.128. The Bertz CT molecular complexity index is 524. The molecular weight excluding hydrogens is 434 g/mol. The van der Waals surface area contributed by atoms with Crippen LogP contribution in [0.15, 0.2) is 23.2 Å². The molecule has 0 atom stereocenters. The molecule has 0 heterocycles. The van der Waals surface area contributed by atoms with Gasteiger partial charge in [-0.25, -0.2) is 4.39 Å². The summed E-state index contributed by atoms with van der Waals surface area (Å²) in [4.78, 5) is 5.91. The maximum absolute atomic E-state index is 14.0. The van der Waals surface area contributed by atoms with Crippen molar-refractivity contribution in [3.63, 3.8) is 0 Å². The SMILES string of the molecule is CN=C(NCCOCCC(C)C)NCc1ccc(N(C)C)c(F)c1.I. The predicted octanol–water partition coefficient (Wildman–Crippen LogP) is 3.24. The van der Waals surface area contributed by atoms with Gasteiger partial charge in [-0.1, -0.05) is 19.9 Å². The van der Waals surface area contributed by atoms with E-state index < -0.39 is 0 Å². The normalized spacial score (nSPS) is 11.2. The molecule has 0 aliphatic heterocycles. The van der Waals surface area contributed by atoms with Gasteiger partial charge in [0, 0.05) is 40.8 Å². The van der Waals surface area contributed by atoms with Crippen molar-refractivity contribution in [1.82, 2.24) is 10.6 Å². The molecule has 0 fully saturated rings. The van der Waals surface area contributed by atoms with Crippen LogP contribution in [0.25, 0.3) is 0 Å². The molecule has 25 heavy (non-hydrogen) atoms. The van der Waals surface area contributed by atoms with Crippen LogP contribution in [0.3, 0.4) is 0 Å². The molecule has 0 amide bonds. The van der Waals surface area contributed by atoms with Crippen LogP contribution in [0.4, 0.5) is 10.1 Å². The predicted molar refractivity (Wildman–Crippen MR) is 115 cm³/mol. The van der Waals surface area contributed by atoms with Crippen LogP contribution in [0.2, 0.25) is 0 Å². The van der Waals surface area contributed by atoms with E-state index in [0.717, 1.165) is 18.6 Å². The number of nitrogens with zero attached hydrogens (tertiary/aromatic N) is 2. The average Bonchev–Trinajstić information content (AvgIpc) is 2.52. The highest BCUT2D eigenvalue weighted by molar-refractivity contribution is 14.0. The molecule has 5 nitrogen and oxygen atoms in total. The summed E-state index contributed by atoms with van der Waals surface area (Å²) < 4.78 is 19.5. The van der Waals surface area contributed by atoms with Crippen LogP contribution in [0.5, 0.6) is 0 Å². The number of hydrogen-bond donors (Lipinski definition) is 2. The molecule has 0 saturated heterocycles. The van der Waals surface area contributed by atoms with Crippen LogP contribution in [-0.2, 0) is 11.3 Å². The maximum Gasteiger partial charge on any atom is 0.191 e. The van der Waals surface area contributed by atoms with Gasteiger partial charge in [0.25, 0.3) is 0 Å². The number of ether oxygens (including phenoxy) is 1. The van der Waals surface area contributed by atoms with Crippen molar-refractivity contribution >= 4 is 35.6 Å². The first-order valence-corrected chi connectivity index (χ1v) is 8.42. The Labute approximate surface area is 168 Å². The summed E-state index contributed by atoms with van der Waals surface area (Å²) in [6.45, 7) is 6.98. The van der Waals surface area contributed by atoms with Gasteiger partial charge in [0.1, 0.15) is 5.82 Å². The summed E-state index contributed by atoms with van der Waals surface area (Å²) in [6, 6.07) is 5.24. The molecular formula is C18H32FIN4O. The topological polar surface area (TPSA) is 48.9 Å². The van der Waals surface area contributed by atoms with Crippen LogP contribution in [0, 0.1) is 11.7 Å². The average molecular weight is 466 g/mol. The fourth-order valence-electron chi connectivity index (χ4n) is 2.09. The number of anilines is 1. The van der Waals surface area contributed by atoms with E-state index in [1.807, 2.05) is 20.2 Å². The molecule has 2 N–H and O–H groups in total. The van der Waals surface area contributed by atoms with Crippen molar-refractivity contribution in [3.8, 4) is 0 Å². The third kappa shape index (κ3) is 9.84. The summed E-state index contributed by atoms with van der Waals surface area (Å²) >= 11 is 0. The quantitative estimate of drug-likeness (QED) is 0.254. The molecule has 0 spiro atoms. The van der Waals surface area contributed by atoms with Crippen molar-refractivity contribution in [2.45, 2.75) is 26.8 Å². The third-order valence-electron chi connectivity index (χ3n) is 3.56. The highest BCUT2D eigenvalue weighted by atomic mass is 127. The molecule has 7 heteroatoms. The summed E-state index contributed by atoms with van der Waals surface area (Å²) in [5, 5.41) is 6.36. The molecule has 144 valence electrons. The monoisotopic (exact) mass is 466 g/mol. The lowest BCUT2D eigenvalue weighted by atomic mass is 10.1. The van der Waals surface area contributed by atoms with Gasteiger partial charge in [-0.3, -0.25) is 4.99 Å².